The van der Waals surface area contributed by atoms with E-state index in [0.29, 0.717) is 6.61 Å². The van der Waals surface area contributed by atoms with Crippen LogP contribution in [0.5, 0.6) is 0 Å². The summed E-state index contributed by atoms with van der Waals surface area (Å²) in [6.45, 7) is 2.83. The predicted octanol–water partition coefficient (Wildman–Crippen LogP) is 1.23. The number of imidazole rings is 1. The Hall–Kier alpha value is -1.32. The van der Waals surface area contributed by atoms with Gasteiger partial charge in [0, 0.05) is 12.4 Å². The summed E-state index contributed by atoms with van der Waals surface area (Å²) < 4.78 is 6.66. The molecule has 0 saturated heterocycles. The van der Waals surface area contributed by atoms with E-state index in [9.17, 15) is 4.79 Å². The van der Waals surface area contributed by atoms with Gasteiger partial charge in [-0.3, -0.25) is 4.79 Å². The maximum absolute atomic E-state index is 11.1. The summed E-state index contributed by atoms with van der Waals surface area (Å²) in [5.74, 6) is -0.202. The van der Waals surface area contributed by atoms with Gasteiger partial charge in [0.1, 0.15) is 6.54 Å². The van der Waals surface area contributed by atoms with Gasteiger partial charge in [0.05, 0.1) is 12.9 Å². The van der Waals surface area contributed by atoms with Crippen molar-refractivity contribution >= 4 is 5.97 Å². The van der Waals surface area contributed by atoms with Crippen molar-refractivity contribution in [1.29, 1.82) is 0 Å². The van der Waals surface area contributed by atoms with Gasteiger partial charge in [-0.05, 0) is 6.42 Å². The summed E-state index contributed by atoms with van der Waals surface area (Å²) in [7, 11) is 0. The van der Waals surface area contributed by atoms with Crippen LogP contribution in [0.3, 0.4) is 0 Å². The molecule has 0 amide bonds. The fourth-order valence-corrected chi connectivity index (χ4v) is 0.905. The SMILES string of the molecule is CCCCOC(=O)Cn1ccnc1. The van der Waals surface area contributed by atoms with Crippen LogP contribution in [0.2, 0.25) is 0 Å². The third-order valence-electron chi connectivity index (χ3n) is 1.63. The highest BCUT2D eigenvalue weighted by Gasteiger charge is 2.02. The quantitative estimate of drug-likeness (QED) is 0.508. The lowest BCUT2D eigenvalue weighted by Gasteiger charge is -2.03. The van der Waals surface area contributed by atoms with Crippen LogP contribution in [0.25, 0.3) is 0 Å². The molecule has 0 aliphatic rings. The Morgan fingerprint density at radius 1 is 1.62 bits per heavy atom. The standard InChI is InChI=1S/C9H14N2O2/c1-2-3-6-13-9(12)7-11-5-4-10-8-11/h4-5,8H,2-3,6-7H2,1H3. The van der Waals surface area contributed by atoms with Gasteiger partial charge in [-0.15, -0.1) is 0 Å². The van der Waals surface area contributed by atoms with E-state index in [1.807, 2.05) is 0 Å². The van der Waals surface area contributed by atoms with Crippen LogP contribution in [0, 0.1) is 0 Å². The summed E-state index contributed by atoms with van der Waals surface area (Å²) in [5, 5.41) is 0. The lowest BCUT2D eigenvalue weighted by Crippen LogP contribution is -2.12. The van der Waals surface area contributed by atoms with Crippen LogP contribution < -0.4 is 0 Å². The maximum Gasteiger partial charge on any atom is 0.325 e. The van der Waals surface area contributed by atoms with Gasteiger partial charge in [-0.25, -0.2) is 4.98 Å². The first kappa shape index (κ1) is 9.77. The predicted molar refractivity (Wildman–Crippen MR) is 48.1 cm³/mol. The van der Waals surface area contributed by atoms with Gasteiger partial charge in [0.2, 0.25) is 0 Å². The number of unbranched alkanes of at least 4 members (excludes halogenated alkanes) is 1. The number of esters is 1. The molecule has 0 aromatic carbocycles. The number of hydrogen-bond donors (Lipinski definition) is 0. The van der Waals surface area contributed by atoms with Crippen LogP contribution in [0.15, 0.2) is 18.7 Å². The molecule has 0 N–H and O–H groups in total. The highest BCUT2D eigenvalue weighted by molar-refractivity contribution is 5.69. The van der Waals surface area contributed by atoms with E-state index in [4.69, 9.17) is 4.74 Å². The van der Waals surface area contributed by atoms with Crippen molar-refractivity contribution in [2.75, 3.05) is 6.61 Å². The zero-order valence-electron chi connectivity index (χ0n) is 7.77. The van der Waals surface area contributed by atoms with Gasteiger partial charge in [-0.1, -0.05) is 13.3 Å². The van der Waals surface area contributed by atoms with E-state index in [-0.39, 0.29) is 12.5 Å². The van der Waals surface area contributed by atoms with E-state index < -0.39 is 0 Å². The molecule has 0 aliphatic heterocycles. The Morgan fingerprint density at radius 2 is 2.46 bits per heavy atom. The van der Waals surface area contributed by atoms with Crippen molar-refractivity contribution in [3.63, 3.8) is 0 Å². The Balaban J connectivity index is 2.18. The van der Waals surface area contributed by atoms with Crippen molar-refractivity contribution in [1.82, 2.24) is 9.55 Å². The van der Waals surface area contributed by atoms with Gasteiger partial charge in [-0.2, -0.15) is 0 Å². The molecular formula is C9H14N2O2. The fraction of sp³-hybridized carbons (Fsp3) is 0.556. The molecule has 0 aliphatic carbocycles. The number of aromatic nitrogens is 2. The minimum absolute atomic E-state index is 0.202. The highest BCUT2D eigenvalue weighted by Crippen LogP contribution is 1.92. The fourth-order valence-electron chi connectivity index (χ4n) is 0.905. The molecule has 4 nitrogen and oxygen atoms in total. The molecule has 1 aromatic rings. The Kier molecular flexibility index (Phi) is 4.02. The number of nitrogens with zero attached hydrogens (tertiary/aromatic N) is 2. The average Bonchev–Trinajstić information content (AvgIpc) is 2.57. The van der Waals surface area contributed by atoms with Crippen molar-refractivity contribution in [2.24, 2.45) is 0 Å². The molecule has 0 atom stereocenters. The summed E-state index contributed by atoms with van der Waals surface area (Å²) >= 11 is 0. The molecule has 0 unspecified atom stereocenters. The van der Waals surface area contributed by atoms with Gasteiger partial charge >= 0.3 is 5.97 Å². The van der Waals surface area contributed by atoms with Gasteiger partial charge < -0.3 is 9.30 Å². The third kappa shape index (κ3) is 3.73. The minimum Gasteiger partial charge on any atom is -0.464 e. The first-order valence-electron chi connectivity index (χ1n) is 4.44. The minimum atomic E-state index is -0.202. The number of ether oxygens (including phenoxy) is 1. The summed E-state index contributed by atoms with van der Waals surface area (Å²) in [4.78, 5) is 14.9. The molecule has 0 fully saturated rings. The zero-order chi connectivity index (χ0) is 9.52. The normalized spacial score (nSPS) is 9.92. The number of rotatable bonds is 5. The number of carbonyl (C=O) groups excluding carboxylic acids is 1. The van der Waals surface area contributed by atoms with Gasteiger partial charge in [0.25, 0.3) is 0 Å². The molecule has 1 rings (SSSR count). The second kappa shape index (κ2) is 5.35. The smallest absolute Gasteiger partial charge is 0.325 e. The van der Waals surface area contributed by atoms with Gasteiger partial charge in [0.15, 0.2) is 0 Å². The Bertz CT molecular complexity index is 244. The highest BCUT2D eigenvalue weighted by atomic mass is 16.5. The van der Waals surface area contributed by atoms with Crippen LogP contribution in [0.1, 0.15) is 19.8 Å². The zero-order valence-corrected chi connectivity index (χ0v) is 7.77. The maximum atomic E-state index is 11.1. The number of hydrogen-bond acceptors (Lipinski definition) is 3. The van der Waals surface area contributed by atoms with Crippen LogP contribution in [0.4, 0.5) is 0 Å². The van der Waals surface area contributed by atoms with Crippen LogP contribution in [-0.2, 0) is 16.1 Å². The van der Waals surface area contributed by atoms with Crippen molar-refractivity contribution in [2.45, 2.75) is 26.3 Å². The second-order valence-electron chi connectivity index (χ2n) is 2.81. The molecule has 72 valence electrons. The Labute approximate surface area is 77.5 Å². The largest absolute Gasteiger partial charge is 0.464 e. The van der Waals surface area contributed by atoms with Crippen LogP contribution in [-0.4, -0.2) is 22.1 Å². The summed E-state index contributed by atoms with van der Waals surface area (Å²) in [6, 6.07) is 0. The van der Waals surface area contributed by atoms with E-state index in [2.05, 4.69) is 11.9 Å². The molecule has 1 heterocycles. The van der Waals surface area contributed by atoms with Crippen molar-refractivity contribution < 1.29 is 9.53 Å². The molecule has 4 heteroatoms. The van der Waals surface area contributed by atoms with E-state index in [1.165, 1.54) is 0 Å². The van der Waals surface area contributed by atoms with Crippen molar-refractivity contribution in [3.8, 4) is 0 Å². The van der Waals surface area contributed by atoms with Crippen LogP contribution >= 0.6 is 0 Å². The molecule has 13 heavy (non-hydrogen) atoms. The molecule has 1 aromatic heterocycles. The first-order chi connectivity index (χ1) is 6.33. The van der Waals surface area contributed by atoms with Crippen molar-refractivity contribution in [3.05, 3.63) is 18.7 Å². The van der Waals surface area contributed by atoms with E-state index in [0.717, 1.165) is 12.8 Å². The Morgan fingerprint density at radius 3 is 3.08 bits per heavy atom. The first-order valence-corrected chi connectivity index (χ1v) is 4.44. The molecule has 0 bridgehead atoms. The molecular weight excluding hydrogens is 168 g/mol. The third-order valence-corrected chi connectivity index (χ3v) is 1.63. The van der Waals surface area contributed by atoms with E-state index >= 15 is 0 Å². The topological polar surface area (TPSA) is 44.1 Å². The molecule has 0 spiro atoms. The lowest BCUT2D eigenvalue weighted by molar-refractivity contribution is -0.144. The second-order valence-corrected chi connectivity index (χ2v) is 2.81. The lowest BCUT2D eigenvalue weighted by atomic mass is 10.4. The molecule has 0 saturated carbocycles. The summed E-state index contributed by atoms with van der Waals surface area (Å²) in [6.07, 6.45) is 6.94. The monoisotopic (exact) mass is 182 g/mol. The molecule has 0 radical (unpaired) electrons. The average molecular weight is 182 g/mol. The number of carbonyl (C=O) groups is 1. The van der Waals surface area contributed by atoms with E-state index in [1.54, 1.807) is 23.3 Å². The summed E-state index contributed by atoms with van der Waals surface area (Å²) in [5.41, 5.74) is 0.